The largest absolute Gasteiger partial charge is 0.480 e. The molecule has 1 amide bonds. The zero-order valence-electron chi connectivity index (χ0n) is 20.3. The summed E-state index contributed by atoms with van der Waals surface area (Å²) in [5.41, 5.74) is 3.82. The van der Waals surface area contributed by atoms with Gasteiger partial charge in [0.1, 0.15) is 11.6 Å². The van der Waals surface area contributed by atoms with Crippen molar-refractivity contribution in [3.05, 3.63) is 83.6 Å². The topological polar surface area (TPSA) is 115 Å². The third-order valence-corrected chi connectivity index (χ3v) is 5.39. The summed E-state index contributed by atoms with van der Waals surface area (Å²) in [7, 11) is 1.53. The first kappa shape index (κ1) is 24.9. The Bertz CT molecular complexity index is 1350. The Morgan fingerprint density at radius 2 is 1.92 bits per heavy atom. The average Bonchev–Trinajstić information content (AvgIpc) is 3.21. The van der Waals surface area contributed by atoms with Crippen molar-refractivity contribution in [1.29, 1.82) is 0 Å². The van der Waals surface area contributed by atoms with Crippen molar-refractivity contribution in [3.8, 4) is 17.0 Å². The highest BCUT2D eigenvalue weighted by Gasteiger charge is 2.14. The summed E-state index contributed by atoms with van der Waals surface area (Å²) in [5.74, 6) is 0.190. The first-order valence-electron chi connectivity index (χ1n) is 11.4. The van der Waals surface area contributed by atoms with Gasteiger partial charge in [-0.05, 0) is 42.7 Å². The molecule has 36 heavy (non-hydrogen) atoms. The Hall–Kier alpha value is -4.18. The smallest absolute Gasteiger partial charge is 0.236 e. The fourth-order valence-electron chi connectivity index (χ4n) is 3.74. The number of aliphatic hydroxyl groups is 1. The molecule has 0 bridgehead atoms. The number of aliphatic hydroxyl groups excluding tert-OH is 1. The zero-order chi connectivity index (χ0) is 25.7. The molecule has 3 aromatic heterocycles. The highest BCUT2D eigenvalue weighted by molar-refractivity contribution is 5.92. The molecule has 0 aliphatic heterocycles. The Morgan fingerprint density at radius 1 is 1.14 bits per heavy atom. The molecule has 186 valence electrons. The minimum atomic E-state index is -0.537. The van der Waals surface area contributed by atoms with E-state index in [0.29, 0.717) is 41.5 Å². The Labute approximate surface area is 208 Å². The van der Waals surface area contributed by atoms with Gasteiger partial charge in [0.15, 0.2) is 0 Å². The summed E-state index contributed by atoms with van der Waals surface area (Å²) in [4.78, 5) is 25.2. The van der Waals surface area contributed by atoms with Crippen molar-refractivity contribution in [1.82, 2.24) is 24.7 Å². The van der Waals surface area contributed by atoms with Gasteiger partial charge in [0.05, 0.1) is 38.1 Å². The van der Waals surface area contributed by atoms with Gasteiger partial charge in [-0.3, -0.25) is 14.5 Å². The lowest BCUT2D eigenvalue weighted by atomic mass is 10.0. The number of aromatic nitrogens is 5. The first-order valence-corrected chi connectivity index (χ1v) is 11.4. The van der Waals surface area contributed by atoms with E-state index in [1.165, 1.54) is 13.2 Å². The van der Waals surface area contributed by atoms with Gasteiger partial charge in [-0.25, -0.2) is 14.4 Å². The van der Waals surface area contributed by atoms with E-state index in [0.717, 1.165) is 11.1 Å². The predicted molar refractivity (Wildman–Crippen MR) is 132 cm³/mol. The lowest BCUT2D eigenvalue weighted by Crippen LogP contribution is -2.15. The van der Waals surface area contributed by atoms with Crippen LogP contribution in [0.5, 0.6) is 5.88 Å². The number of hydrogen-bond acceptors (Lipinski definition) is 7. The second kappa shape index (κ2) is 11.0. The molecular formula is C26H27FN6O3. The molecule has 0 saturated heterocycles. The highest BCUT2D eigenvalue weighted by Crippen LogP contribution is 2.23. The second-order valence-electron chi connectivity index (χ2n) is 8.58. The van der Waals surface area contributed by atoms with E-state index in [9.17, 15) is 14.3 Å². The van der Waals surface area contributed by atoms with Crippen LogP contribution in [0.2, 0.25) is 0 Å². The normalized spacial score (nSPS) is 11.8. The molecule has 2 N–H and O–H groups in total. The number of aryl methyl sites for hydroxylation is 1. The number of nitrogens with one attached hydrogen (secondary N) is 1. The van der Waals surface area contributed by atoms with Gasteiger partial charge < -0.3 is 15.2 Å². The number of benzene rings is 1. The number of nitrogens with zero attached hydrogens (tertiary/aromatic N) is 5. The average molecular weight is 491 g/mol. The Kier molecular flexibility index (Phi) is 7.65. The van der Waals surface area contributed by atoms with Crippen molar-refractivity contribution in [3.63, 3.8) is 0 Å². The number of pyridine rings is 1. The molecule has 4 aromatic rings. The van der Waals surface area contributed by atoms with E-state index in [2.05, 4.69) is 25.4 Å². The quantitative estimate of drug-likeness (QED) is 0.370. The summed E-state index contributed by atoms with van der Waals surface area (Å²) in [6.45, 7) is 3.91. The van der Waals surface area contributed by atoms with E-state index in [1.54, 1.807) is 60.8 Å². The van der Waals surface area contributed by atoms with Crippen LogP contribution in [0.25, 0.3) is 11.1 Å². The van der Waals surface area contributed by atoms with E-state index >= 15 is 0 Å². The Morgan fingerprint density at radius 3 is 2.58 bits per heavy atom. The van der Waals surface area contributed by atoms with Crippen molar-refractivity contribution in [2.75, 3.05) is 12.4 Å². The third kappa shape index (κ3) is 6.28. The molecule has 1 atom stereocenters. The number of anilines is 1. The lowest BCUT2D eigenvalue weighted by Gasteiger charge is -2.08. The van der Waals surface area contributed by atoms with Gasteiger partial charge in [0, 0.05) is 42.3 Å². The van der Waals surface area contributed by atoms with Crippen LogP contribution in [-0.2, 0) is 24.2 Å². The van der Waals surface area contributed by atoms with E-state index in [1.807, 2.05) is 6.92 Å². The Balaban J connectivity index is 1.42. The minimum Gasteiger partial charge on any atom is -0.480 e. The summed E-state index contributed by atoms with van der Waals surface area (Å²) >= 11 is 0. The monoisotopic (exact) mass is 490 g/mol. The molecule has 0 saturated carbocycles. The number of carbonyl (C=O) groups is 1. The van der Waals surface area contributed by atoms with Gasteiger partial charge >= 0.3 is 0 Å². The summed E-state index contributed by atoms with van der Waals surface area (Å²) in [6.07, 6.45) is 8.04. The van der Waals surface area contributed by atoms with Gasteiger partial charge in [-0.2, -0.15) is 0 Å². The number of amides is 1. The summed E-state index contributed by atoms with van der Waals surface area (Å²) in [6, 6.07) is 6.50. The number of carbonyl (C=O) groups excluding carboxylic acids is 1. The molecule has 1 aromatic carbocycles. The van der Waals surface area contributed by atoms with Crippen molar-refractivity contribution < 1.29 is 19.0 Å². The standard InChI is InChI=1S/C26H27FN6O3/c1-16-6-22(13-28-10-16)31-25(35)9-19-5-4-18(7-23(19)27)21-11-29-24(30-12-21)8-20-15-33(14-17(2)34)32-26(20)36-3/h4-7,10-13,15,17,34H,8-9,14H2,1-3H3,(H,31,35)/t17-/m0/s1. The number of methoxy groups -OCH3 is 1. The molecule has 10 heteroatoms. The fourth-order valence-corrected chi connectivity index (χ4v) is 3.74. The van der Waals surface area contributed by atoms with Crippen LogP contribution in [-0.4, -0.2) is 49.0 Å². The van der Waals surface area contributed by atoms with Crippen LogP contribution in [0.15, 0.2) is 55.2 Å². The fraction of sp³-hybridized carbons (Fsp3) is 0.269. The molecule has 9 nitrogen and oxygen atoms in total. The van der Waals surface area contributed by atoms with Crippen molar-refractivity contribution >= 4 is 11.6 Å². The van der Waals surface area contributed by atoms with Crippen LogP contribution in [0.4, 0.5) is 10.1 Å². The van der Waals surface area contributed by atoms with Crippen molar-refractivity contribution in [2.24, 2.45) is 0 Å². The van der Waals surface area contributed by atoms with Crippen molar-refractivity contribution in [2.45, 2.75) is 39.3 Å². The van der Waals surface area contributed by atoms with E-state index in [-0.39, 0.29) is 17.9 Å². The molecule has 0 aliphatic rings. The lowest BCUT2D eigenvalue weighted by molar-refractivity contribution is -0.115. The molecule has 0 fully saturated rings. The zero-order valence-corrected chi connectivity index (χ0v) is 20.3. The van der Waals surface area contributed by atoms with Gasteiger partial charge in [-0.15, -0.1) is 5.10 Å². The molecular weight excluding hydrogens is 463 g/mol. The van der Waals surface area contributed by atoms with Gasteiger partial charge in [0.2, 0.25) is 11.8 Å². The minimum absolute atomic E-state index is 0.0972. The molecule has 0 radical (unpaired) electrons. The van der Waals surface area contributed by atoms with Crippen LogP contribution in [0.3, 0.4) is 0 Å². The summed E-state index contributed by atoms with van der Waals surface area (Å²) < 4.78 is 21.7. The van der Waals surface area contributed by atoms with Crippen LogP contribution in [0.1, 0.15) is 29.4 Å². The maximum absolute atomic E-state index is 14.8. The van der Waals surface area contributed by atoms with Crippen LogP contribution >= 0.6 is 0 Å². The van der Waals surface area contributed by atoms with Crippen LogP contribution in [0, 0.1) is 12.7 Å². The van der Waals surface area contributed by atoms with E-state index in [4.69, 9.17) is 4.74 Å². The third-order valence-electron chi connectivity index (χ3n) is 5.39. The van der Waals surface area contributed by atoms with Gasteiger partial charge in [0.25, 0.3) is 0 Å². The summed E-state index contributed by atoms with van der Waals surface area (Å²) in [5, 5.41) is 16.6. The SMILES string of the molecule is COc1nn(C[C@H](C)O)cc1Cc1ncc(-c2ccc(CC(=O)Nc3cncc(C)c3)c(F)c2)cn1. The van der Waals surface area contributed by atoms with E-state index < -0.39 is 11.9 Å². The van der Waals surface area contributed by atoms with Crippen LogP contribution < -0.4 is 10.1 Å². The molecule has 4 rings (SSSR count). The maximum atomic E-state index is 14.8. The predicted octanol–water partition coefficient (Wildman–Crippen LogP) is 3.34. The molecule has 0 aliphatic carbocycles. The highest BCUT2D eigenvalue weighted by atomic mass is 19.1. The number of ether oxygens (including phenoxy) is 1. The molecule has 0 unspecified atom stereocenters. The second-order valence-corrected chi connectivity index (χ2v) is 8.58. The molecule has 3 heterocycles. The number of halogens is 1. The number of hydrogen-bond donors (Lipinski definition) is 2. The number of rotatable bonds is 9. The molecule has 0 spiro atoms. The maximum Gasteiger partial charge on any atom is 0.236 e. The van der Waals surface area contributed by atoms with Gasteiger partial charge in [-0.1, -0.05) is 12.1 Å². The first-order chi connectivity index (χ1) is 17.3.